The van der Waals surface area contributed by atoms with Crippen molar-refractivity contribution in [2.75, 3.05) is 11.1 Å². The van der Waals surface area contributed by atoms with E-state index in [1.807, 2.05) is 6.92 Å². The molecular weight excluding hydrogens is 230 g/mol. The maximum absolute atomic E-state index is 12.0. The quantitative estimate of drug-likeness (QED) is 0.774. The SMILES string of the molecule is CCn1cc(N)cc1C(=O)Nc1cccc(O)c1. The van der Waals surface area contributed by atoms with Crippen LogP contribution < -0.4 is 11.1 Å². The number of rotatable bonds is 3. The Bertz CT molecular complexity index is 575. The van der Waals surface area contributed by atoms with E-state index in [1.54, 1.807) is 35.0 Å². The van der Waals surface area contributed by atoms with Gasteiger partial charge in [0, 0.05) is 24.5 Å². The summed E-state index contributed by atoms with van der Waals surface area (Å²) in [7, 11) is 0. The monoisotopic (exact) mass is 245 g/mol. The molecule has 0 aliphatic heterocycles. The van der Waals surface area contributed by atoms with Crippen LogP contribution in [-0.2, 0) is 6.54 Å². The van der Waals surface area contributed by atoms with Crippen molar-refractivity contribution in [2.24, 2.45) is 0 Å². The molecule has 0 saturated carbocycles. The highest BCUT2D eigenvalue weighted by Crippen LogP contribution is 2.17. The van der Waals surface area contributed by atoms with E-state index in [9.17, 15) is 9.90 Å². The Morgan fingerprint density at radius 2 is 2.22 bits per heavy atom. The lowest BCUT2D eigenvalue weighted by molar-refractivity contribution is 0.101. The van der Waals surface area contributed by atoms with Crippen molar-refractivity contribution in [3.63, 3.8) is 0 Å². The van der Waals surface area contributed by atoms with Crippen molar-refractivity contribution in [1.82, 2.24) is 4.57 Å². The maximum atomic E-state index is 12.0. The lowest BCUT2D eigenvalue weighted by atomic mass is 10.3. The summed E-state index contributed by atoms with van der Waals surface area (Å²) in [6.45, 7) is 2.60. The van der Waals surface area contributed by atoms with Crippen LogP contribution in [0.3, 0.4) is 0 Å². The normalized spacial score (nSPS) is 10.3. The van der Waals surface area contributed by atoms with Gasteiger partial charge in [-0.15, -0.1) is 0 Å². The number of nitrogen functional groups attached to an aromatic ring is 1. The van der Waals surface area contributed by atoms with Crippen molar-refractivity contribution >= 4 is 17.3 Å². The average molecular weight is 245 g/mol. The number of benzene rings is 1. The second-order valence-electron chi connectivity index (χ2n) is 3.95. The summed E-state index contributed by atoms with van der Waals surface area (Å²) in [5.74, 6) is -0.141. The smallest absolute Gasteiger partial charge is 0.272 e. The topological polar surface area (TPSA) is 80.3 Å². The fourth-order valence-electron chi connectivity index (χ4n) is 1.76. The van der Waals surface area contributed by atoms with Gasteiger partial charge in [-0.2, -0.15) is 0 Å². The van der Waals surface area contributed by atoms with Gasteiger partial charge >= 0.3 is 0 Å². The van der Waals surface area contributed by atoms with Crippen LogP contribution in [-0.4, -0.2) is 15.6 Å². The van der Waals surface area contributed by atoms with E-state index in [1.165, 1.54) is 6.07 Å². The van der Waals surface area contributed by atoms with Gasteiger partial charge in [-0.1, -0.05) is 6.07 Å². The third kappa shape index (κ3) is 2.45. The predicted octanol–water partition coefficient (Wildman–Crippen LogP) is 2.05. The first kappa shape index (κ1) is 12.0. The van der Waals surface area contributed by atoms with Gasteiger partial charge in [0.1, 0.15) is 11.4 Å². The van der Waals surface area contributed by atoms with E-state index < -0.39 is 0 Å². The van der Waals surface area contributed by atoms with Gasteiger partial charge in [0.05, 0.1) is 5.69 Å². The maximum Gasteiger partial charge on any atom is 0.272 e. The Hall–Kier alpha value is -2.43. The summed E-state index contributed by atoms with van der Waals surface area (Å²) >= 11 is 0. The van der Waals surface area contributed by atoms with Crippen LogP contribution in [0.1, 0.15) is 17.4 Å². The van der Waals surface area contributed by atoms with Crippen LogP contribution in [0.4, 0.5) is 11.4 Å². The van der Waals surface area contributed by atoms with Crippen LogP contribution in [0.2, 0.25) is 0 Å². The average Bonchev–Trinajstić information content (AvgIpc) is 2.70. The zero-order valence-electron chi connectivity index (χ0n) is 10.1. The lowest BCUT2D eigenvalue weighted by Crippen LogP contribution is -2.16. The highest BCUT2D eigenvalue weighted by Gasteiger charge is 2.12. The van der Waals surface area contributed by atoms with Crippen molar-refractivity contribution in [3.05, 3.63) is 42.2 Å². The number of hydrogen-bond acceptors (Lipinski definition) is 3. The highest BCUT2D eigenvalue weighted by molar-refractivity contribution is 6.03. The Kier molecular flexibility index (Phi) is 3.23. The van der Waals surface area contributed by atoms with Crippen molar-refractivity contribution in [1.29, 1.82) is 0 Å². The first-order valence-corrected chi connectivity index (χ1v) is 5.66. The summed E-state index contributed by atoms with van der Waals surface area (Å²) in [5, 5.41) is 12.0. The summed E-state index contributed by atoms with van der Waals surface area (Å²) in [5.41, 5.74) is 7.27. The number of aromatic hydroxyl groups is 1. The van der Waals surface area contributed by atoms with Gasteiger partial charge in [-0.25, -0.2) is 0 Å². The minimum absolute atomic E-state index is 0.109. The molecule has 0 bridgehead atoms. The van der Waals surface area contributed by atoms with Crippen molar-refractivity contribution < 1.29 is 9.90 Å². The van der Waals surface area contributed by atoms with Crippen LogP contribution in [0.15, 0.2) is 36.5 Å². The molecule has 94 valence electrons. The Morgan fingerprint density at radius 3 is 2.89 bits per heavy atom. The second-order valence-corrected chi connectivity index (χ2v) is 3.95. The van der Waals surface area contributed by atoms with Crippen molar-refractivity contribution in [3.8, 4) is 5.75 Å². The number of phenols is 1. The molecule has 1 aromatic carbocycles. The van der Waals surface area contributed by atoms with Crippen LogP contribution in [0, 0.1) is 0 Å². The molecule has 2 aromatic rings. The number of aryl methyl sites for hydroxylation is 1. The van der Waals surface area contributed by atoms with Crippen LogP contribution >= 0.6 is 0 Å². The number of aromatic nitrogens is 1. The number of nitrogens with one attached hydrogen (secondary N) is 1. The van der Waals surface area contributed by atoms with E-state index in [2.05, 4.69) is 5.32 Å². The van der Waals surface area contributed by atoms with Gasteiger partial charge in [0.15, 0.2) is 0 Å². The predicted molar refractivity (Wildman–Crippen MR) is 70.6 cm³/mol. The fourth-order valence-corrected chi connectivity index (χ4v) is 1.76. The van der Waals surface area contributed by atoms with E-state index in [0.717, 1.165) is 0 Å². The van der Waals surface area contributed by atoms with Gasteiger partial charge in [0.2, 0.25) is 0 Å². The third-order valence-corrected chi connectivity index (χ3v) is 2.60. The number of phenolic OH excluding ortho intramolecular Hbond substituents is 1. The Labute approximate surface area is 105 Å². The van der Waals surface area contributed by atoms with Gasteiger partial charge in [-0.05, 0) is 25.1 Å². The van der Waals surface area contributed by atoms with E-state index >= 15 is 0 Å². The second kappa shape index (κ2) is 4.83. The molecule has 0 fully saturated rings. The lowest BCUT2D eigenvalue weighted by Gasteiger charge is -2.07. The molecule has 5 heteroatoms. The minimum Gasteiger partial charge on any atom is -0.508 e. The molecule has 4 N–H and O–H groups in total. The third-order valence-electron chi connectivity index (χ3n) is 2.60. The summed E-state index contributed by atoms with van der Waals surface area (Å²) < 4.78 is 1.77. The molecular formula is C13H15N3O2. The number of carbonyl (C=O) groups excluding carboxylic acids is 1. The molecule has 2 rings (SSSR count). The molecule has 0 radical (unpaired) electrons. The summed E-state index contributed by atoms with van der Waals surface area (Å²) in [4.78, 5) is 12.0. The number of hydrogen-bond donors (Lipinski definition) is 3. The zero-order chi connectivity index (χ0) is 13.1. The van der Waals surface area contributed by atoms with Gasteiger partial charge in [-0.3, -0.25) is 4.79 Å². The molecule has 1 amide bonds. The minimum atomic E-state index is -0.251. The Morgan fingerprint density at radius 1 is 1.44 bits per heavy atom. The summed E-state index contributed by atoms with van der Waals surface area (Å²) in [6, 6.07) is 8.03. The first-order valence-electron chi connectivity index (χ1n) is 5.66. The number of carbonyl (C=O) groups is 1. The van der Waals surface area contributed by atoms with E-state index in [4.69, 9.17) is 5.73 Å². The van der Waals surface area contributed by atoms with Gasteiger partial charge in [0.25, 0.3) is 5.91 Å². The highest BCUT2D eigenvalue weighted by atomic mass is 16.3. The van der Waals surface area contributed by atoms with Gasteiger partial charge < -0.3 is 20.7 Å². The molecule has 18 heavy (non-hydrogen) atoms. The number of anilines is 2. The zero-order valence-corrected chi connectivity index (χ0v) is 10.1. The molecule has 0 saturated heterocycles. The molecule has 0 aliphatic carbocycles. The summed E-state index contributed by atoms with van der Waals surface area (Å²) in [6.07, 6.45) is 1.72. The standard InChI is InChI=1S/C13H15N3O2/c1-2-16-8-9(14)6-12(16)13(18)15-10-4-3-5-11(17)7-10/h3-8,17H,2,14H2,1H3,(H,15,18). The molecule has 0 unspecified atom stereocenters. The number of nitrogens with zero attached hydrogens (tertiary/aromatic N) is 1. The number of nitrogens with two attached hydrogens (primary N) is 1. The largest absolute Gasteiger partial charge is 0.508 e. The molecule has 1 heterocycles. The van der Waals surface area contributed by atoms with Crippen LogP contribution in [0.5, 0.6) is 5.75 Å². The van der Waals surface area contributed by atoms with E-state index in [-0.39, 0.29) is 11.7 Å². The first-order chi connectivity index (χ1) is 8.60. The molecule has 0 atom stereocenters. The molecule has 0 aliphatic rings. The molecule has 1 aromatic heterocycles. The molecule has 0 spiro atoms. The van der Waals surface area contributed by atoms with E-state index in [0.29, 0.717) is 23.6 Å². The van der Waals surface area contributed by atoms with Crippen molar-refractivity contribution in [2.45, 2.75) is 13.5 Å². The van der Waals surface area contributed by atoms with Crippen LogP contribution in [0.25, 0.3) is 0 Å². The Balaban J connectivity index is 2.21. The number of amides is 1. The fraction of sp³-hybridized carbons (Fsp3) is 0.154. The molecule has 5 nitrogen and oxygen atoms in total.